The Kier molecular flexibility index (Phi) is 6.39. The minimum Gasteiger partial charge on any atom is -0.490 e. The van der Waals surface area contributed by atoms with E-state index in [2.05, 4.69) is 27.6 Å². The van der Waals surface area contributed by atoms with Gasteiger partial charge in [-0.2, -0.15) is 0 Å². The number of hydrogen-bond donors (Lipinski definition) is 2. The van der Waals surface area contributed by atoms with Crippen molar-refractivity contribution in [1.82, 2.24) is 10.2 Å². The van der Waals surface area contributed by atoms with Crippen LogP contribution in [0.3, 0.4) is 0 Å². The highest BCUT2D eigenvalue weighted by molar-refractivity contribution is 5.93. The molecule has 0 amide bonds. The zero-order valence-electron chi connectivity index (χ0n) is 15.4. The van der Waals surface area contributed by atoms with Crippen molar-refractivity contribution in [3.63, 3.8) is 0 Å². The monoisotopic (exact) mass is 346 g/mol. The molecular weight excluding hydrogens is 316 g/mol. The molecule has 25 heavy (non-hydrogen) atoms. The van der Waals surface area contributed by atoms with Gasteiger partial charge in [-0.15, -0.1) is 0 Å². The van der Waals surface area contributed by atoms with Gasteiger partial charge < -0.3 is 25.0 Å². The number of piperidine rings is 1. The standard InChI is InChI=1S/C19H30N4O2/c1-20-19(21-9-6-15-7-10-23(2)11-8-15)22-16-4-5-17-18(14-16)25-13-3-12-24-17/h4-5,14-15H,3,6-13H2,1-2H3,(H2,20,21,22). The van der Waals surface area contributed by atoms with Gasteiger partial charge in [-0.1, -0.05) is 0 Å². The summed E-state index contributed by atoms with van der Waals surface area (Å²) in [6, 6.07) is 5.93. The molecular formula is C19H30N4O2. The summed E-state index contributed by atoms with van der Waals surface area (Å²) in [4.78, 5) is 6.73. The number of guanidine groups is 1. The molecule has 3 rings (SSSR count). The highest BCUT2D eigenvalue weighted by Crippen LogP contribution is 2.32. The third-order valence-corrected chi connectivity index (χ3v) is 4.92. The second-order valence-electron chi connectivity index (χ2n) is 6.87. The lowest BCUT2D eigenvalue weighted by Crippen LogP contribution is -2.35. The van der Waals surface area contributed by atoms with Crippen LogP contribution in [0.25, 0.3) is 0 Å². The highest BCUT2D eigenvalue weighted by Gasteiger charge is 2.16. The fraction of sp³-hybridized carbons (Fsp3) is 0.632. The minimum absolute atomic E-state index is 0.694. The first kappa shape index (κ1) is 17.9. The summed E-state index contributed by atoms with van der Waals surface area (Å²) in [7, 11) is 4.00. The Balaban J connectivity index is 1.48. The number of aliphatic imine (C=N–C) groups is 1. The van der Waals surface area contributed by atoms with Crippen LogP contribution in [0.4, 0.5) is 5.69 Å². The fourth-order valence-corrected chi connectivity index (χ4v) is 3.30. The van der Waals surface area contributed by atoms with Gasteiger partial charge in [0, 0.05) is 31.8 Å². The molecule has 0 spiro atoms. The Labute approximate surface area is 150 Å². The Hall–Kier alpha value is -1.95. The van der Waals surface area contributed by atoms with Crippen molar-refractivity contribution in [2.75, 3.05) is 52.3 Å². The molecule has 6 nitrogen and oxygen atoms in total. The summed E-state index contributed by atoms with van der Waals surface area (Å²) < 4.78 is 11.4. The number of benzene rings is 1. The van der Waals surface area contributed by atoms with Crippen molar-refractivity contribution in [2.45, 2.75) is 25.7 Å². The van der Waals surface area contributed by atoms with Gasteiger partial charge in [0.05, 0.1) is 13.2 Å². The number of nitrogens with one attached hydrogen (secondary N) is 2. The van der Waals surface area contributed by atoms with E-state index in [0.29, 0.717) is 13.2 Å². The van der Waals surface area contributed by atoms with E-state index in [9.17, 15) is 0 Å². The zero-order valence-corrected chi connectivity index (χ0v) is 15.4. The largest absolute Gasteiger partial charge is 0.490 e. The Morgan fingerprint density at radius 3 is 2.72 bits per heavy atom. The van der Waals surface area contributed by atoms with Crippen LogP contribution in [0.15, 0.2) is 23.2 Å². The molecule has 1 aromatic carbocycles. The number of fused-ring (bicyclic) bond motifs is 1. The average molecular weight is 346 g/mol. The molecule has 138 valence electrons. The van der Waals surface area contributed by atoms with E-state index in [1.165, 1.54) is 32.4 Å². The van der Waals surface area contributed by atoms with Gasteiger partial charge in [0.1, 0.15) is 0 Å². The van der Waals surface area contributed by atoms with Crippen LogP contribution < -0.4 is 20.1 Å². The molecule has 2 N–H and O–H groups in total. The smallest absolute Gasteiger partial charge is 0.195 e. The molecule has 0 aliphatic carbocycles. The topological polar surface area (TPSA) is 58.1 Å². The van der Waals surface area contributed by atoms with Crippen molar-refractivity contribution in [3.8, 4) is 11.5 Å². The van der Waals surface area contributed by atoms with Gasteiger partial charge in [-0.05, 0) is 57.5 Å². The first-order valence-corrected chi connectivity index (χ1v) is 9.30. The molecule has 1 aromatic rings. The number of rotatable bonds is 4. The van der Waals surface area contributed by atoms with Crippen molar-refractivity contribution in [3.05, 3.63) is 18.2 Å². The number of hydrogen-bond acceptors (Lipinski definition) is 4. The lowest BCUT2D eigenvalue weighted by atomic mass is 9.94. The predicted molar refractivity (Wildman–Crippen MR) is 102 cm³/mol. The van der Waals surface area contributed by atoms with Crippen molar-refractivity contribution in [1.29, 1.82) is 0 Å². The van der Waals surface area contributed by atoms with E-state index in [1.54, 1.807) is 7.05 Å². The SMILES string of the molecule is CN=C(NCCC1CCN(C)CC1)Nc1ccc2c(c1)OCCCO2. The first-order chi connectivity index (χ1) is 12.2. The molecule has 0 bridgehead atoms. The fourth-order valence-electron chi connectivity index (χ4n) is 3.30. The normalized spacial score (nSPS) is 19.4. The van der Waals surface area contributed by atoms with Gasteiger partial charge in [0.2, 0.25) is 0 Å². The molecule has 1 saturated heterocycles. The molecule has 1 fully saturated rings. The van der Waals surface area contributed by atoms with E-state index in [1.807, 2.05) is 18.2 Å². The van der Waals surface area contributed by atoms with Crippen LogP contribution in [-0.4, -0.2) is 57.8 Å². The molecule has 0 radical (unpaired) electrons. The molecule has 2 aliphatic rings. The number of ether oxygens (including phenoxy) is 2. The molecule has 0 aromatic heterocycles. The summed E-state index contributed by atoms with van der Waals surface area (Å²) >= 11 is 0. The maximum atomic E-state index is 5.74. The zero-order chi connectivity index (χ0) is 17.5. The first-order valence-electron chi connectivity index (χ1n) is 9.30. The summed E-state index contributed by atoms with van der Waals surface area (Å²) in [5, 5.41) is 6.76. The predicted octanol–water partition coefficient (Wildman–Crippen LogP) is 2.57. The summed E-state index contributed by atoms with van der Waals surface area (Å²) in [5.74, 6) is 3.22. The third kappa shape index (κ3) is 5.26. The van der Waals surface area contributed by atoms with Gasteiger partial charge >= 0.3 is 0 Å². The number of anilines is 1. The van der Waals surface area contributed by atoms with Crippen molar-refractivity contribution >= 4 is 11.6 Å². The van der Waals surface area contributed by atoms with Crippen LogP contribution in [0.1, 0.15) is 25.7 Å². The van der Waals surface area contributed by atoms with Crippen LogP contribution in [0.5, 0.6) is 11.5 Å². The van der Waals surface area contributed by atoms with E-state index in [-0.39, 0.29) is 0 Å². The molecule has 6 heteroatoms. The highest BCUT2D eigenvalue weighted by atomic mass is 16.5. The van der Waals surface area contributed by atoms with Gasteiger partial charge in [0.25, 0.3) is 0 Å². The molecule has 2 aliphatic heterocycles. The van der Waals surface area contributed by atoms with Crippen LogP contribution >= 0.6 is 0 Å². The Bertz CT molecular complexity index is 583. The second-order valence-corrected chi connectivity index (χ2v) is 6.87. The number of nitrogens with zero attached hydrogens (tertiary/aromatic N) is 2. The maximum absolute atomic E-state index is 5.74. The van der Waals surface area contributed by atoms with Gasteiger partial charge in [-0.3, -0.25) is 4.99 Å². The van der Waals surface area contributed by atoms with Gasteiger partial charge in [0.15, 0.2) is 17.5 Å². The molecule has 0 saturated carbocycles. The summed E-state index contributed by atoms with van der Waals surface area (Å²) in [5.41, 5.74) is 0.955. The lowest BCUT2D eigenvalue weighted by Gasteiger charge is -2.29. The average Bonchev–Trinajstić information content (AvgIpc) is 2.87. The molecule has 2 heterocycles. The van der Waals surface area contributed by atoms with Crippen LogP contribution in [0.2, 0.25) is 0 Å². The minimum atomic E-state index is 0.694. The third-order valence-electron chi connectivity index (χ3n) is 4.92. The van der Waals surface area contributed by atoms with Crippen LogP contribution in [0, 0.1) is 5.92 Å². The Morgan fingerprint density at radius 2 is 1.96 bits per heavy atom. The summed E-state index contributed by atoms with van der Waals surface area (Å²) in [6.45, 7) is 4.78. The van der Waals surface area contributed by atoms with E-state index in [4.69, 9.17) is 9.47 Å². The van der Waals surface area contributed by atoms with E-state index in [0.717, 1.165) is 42.0 Å². The quantitative estimate of drug-likeness (QED) is 0.648. The second kappa shape index (κ2) is 8.94. The van der Waals surface area contributed by atoms with Crippen molar-refractivity contribution in [2.24, 2.45) is 10.9 Å². The lowest BCUT2D eigenvalue weighted by molar-refractivity contribution is 0.213. The van der Waals surface area contributed by atoms with E-state index < -0.39 is 0 Å². The molecule has 0 atom stereocenters. The van der Waals surface area contributed by atoms with E-state index >= 15 is 0 Å². The maximum Gasteiger partial charge on any atom is 0.195 e. The van der Waals surface area contributed by atoms with Crippen molar-refractivity contribution < 1.29 is 9.47 Å². The van der Waals surface area contributed by atoms with Gasteiger partial charge in [-0.25, -0.2) is 0 Å². The number of likely N-dealkylation sites (tertiary alicyclic amines) is 1. The summed E-state index contributed by atoms with van der Waals surface area (Å²) in [6.07, 6.45) is 4.70. The van der Waals surface area contributed by atoms with Crippen LogP contribution in [-0.2, 0) is 0 Å². The Morgan fingerprint density at radius 1 is 1.20 bits per heavy atom. The molecule has 0 unspecified atom stereocenters.